The van der Waals surface area contributed by atoms with Gasteiger partial charge in [0.05, 0.1) is 13.2 Å². The van der Waals surface area contributed by atoms with Crippen molar-refractivity contribution >= 4 is 16.7 Å². The Balaban J connectivity index is 1.84. The van der Waals surface area contributed by atoms with Crippen LogP contribution < -0.4 is 14.2 Å². The zero-order valence-corrected chi connectivity index (χ0v) is 23.7. The van der Waals surface area contributed by atoms with Crippen LogP contribution in [0.2, 0.25) is 0 Å². The third kappa shape index (κ3) is 9.08. The Morgan fingerprint density at radius 1 is 0.684 bits per heavy atom. The van der Waals surface area contributed by atoms with Gasteiger partial charge < -0.3 is 14.2 Å². The molecule has 3 aromatic carbocycles. The highest BCUT2D eigenvalue weighted by Gasteiger charge is 2.22. The molecule has 0 amide bonds. The molecule has 0 saturated carbocycles. The van der Waals surface area contributed by atoms with E-state index in [9.17, 15) is 4.79 Å². The summed E-state index contributed by atoms with van der Waals surface area (Å²) in [5.74, 6) is 1.39. The van der Waals surface area contributed by atoms with Gasteiger partial charge in [0, 0.05) is 10.8 Å². The Morgan fingerprint density at radius 2 is 1.29 bits per heavy atom. The van der Waals surface area contributed by atoms with Crippen LogP contribution in [0.5, 0.6) is 17.2 Å². The van der Waals surface area contributed by atoms with Crippen molar-refractivity contribution in [3.8, 4) is 17.2 Å². The second kappa shape index (κ2) is 16.8. The van der Waals surface area contributed by atoms with Crippen LogP contribution in [0.25, 0.3) is 10.8 Å². The summed E-state index contributed by atoms with van der Waals surface area (Å²) in [4.78, 5) is 13.4. The summed E-state index contributed by atoms with van der Waals surface area (Å²) in [5.41, 5.74) is 1.52. The highest BCUT2D eigenvalue weighted by molar-refractivity contribution is 6.05. The molecule has 206 valence electrons. The topological polar surface area (TPSA) is 44.8 Å². The molecular weight excluding hydrogens is 472 g/mol. The number of rotatable bonds is 18. The van der Waals surface area contributed by atoms with E-state index in [1.165, 1.54) is 51.4 Å². The van der Waals surface area contributed by atoms with Gasteiger partial charge in [-0.2, -0.15) is 0 Å². The molecule has 0 aliphatic rings. The van der Waals surface area contributed by atoms with E-state index in [1.807, 2.05) is 36.4 Å². The number of esters is 1. The first kappa shape index (κ1) is 29.5. The molecule has 0 N–H and O–H groups in total. The van der Waals surface area contributed by atoms with Crippen LogP contribution in [-0.2, 0) is 0 Å². The number of benzene rings is 3. The molecule has 0 heterocycles. The van der Waals surface area contributed by atoms with Gasteiger partial charge in [-0.25, -0.2) is 4.79 Å². The van der Waals surface area contributed by atoms with Crippen molar-refractivity contribution in [2.45, 2.75) is 97.8 Å². The largest absolute Gasteiger partial charge is 0.493 e. The lowest BCUT2D eigenvalue weighted by molar-refractivity contribution is 0.0730. The highest BCUT2D eigenvalue weighted by Crippen LogP contribution is 2.39. The molecule has 3 aromatic rings. The van der Waals surface area contributed by atoms with Crippen LogP contribution in [-0.4, -0.2) is 19.2 Å². The third-order valence-corrected chi connectivity index (χ3v) is 6.96. The van der Waals surface area contributed by atoms with E-state index in [0.29, 0.717) is 30.3 Å². The Labute approximate surface area is 229 Å². The van der Waals surface area contributed by atoms with Gasteiger partial charge >= 0.3 is 5.97 Å². The zero-order valence-electron chi connectivity index (χ0n) is 23.7. The second-order valence-electron chi connectivity index (χ2n) is 10.2. The number of para-hydroxylation sites is 1. The Bertz CT molecular complexity index is 1110. The van der Waals surface area contributed by atoms with Crippen molar-refractivity contribution in [1.29, 1.82) is 0 Å². The number of carbonyl (C=O) groups excluding carboxylic acids is 1. The smallest absolute Gasteiger partial charge is 0.347 e. The minimum absolute atomic E-state index is 0.413. The Hall–Kier alpha value is -3.01. The van der Waals surface area contributed by atoms with E-state index in [-0.39, 0.29) is 0 Å². The zero-order chi connectivity index (χ0) is 27.0. The van der Waals surface area contributed by atoms with Gasteiger partial charge in [-0.15, -0.1) is 0 Å². The molecule has 3 rings (SSSR count). The normalized spacial score (nSPS) is 11.0. The lowest BCUT2D eigenvalue weighted by Crippen LogP contribution is -2.13. The van der Waals surface area contributed by atoms with E-state index in [0.717, 1.165) is 47.8 Å². The fourth-order valence-electron chi connectivity index (χ4n) is 4.79. The maximum atomic E-state index is 13.4. The van der Waals surface area contributed by atoms with Gasteiger partial charge in [-0.05, 0) is 43.5 Å². The number of hydrogen-bond donors (Lipinski definition) is 0. The van der Waals surface area contributed by atoms with Gasteiger partial charge in [-0.1, -0.05) is 114 Å². The number of fused-ring (bicyclic) bond motifs is 1. The maximum Gasteiger partial charge on any atom is 0.347 e. The van der Waals surface area contributed by atoms with E-state index < -0.39 is 5.97 Å². The van der Waals surface area contributed by atoms with E-state index in [2.05, 4.69) is 26.8 Å². The molecular formula is C34H46O4. The van der Waals surface area contributed by atoms with Crippen LogP contribution in [0.4, 0.5) is 0 Å². The monoisotopic (exact) mass is 518 g/mol. The average molecular weight is 519 g/mol. The fourth-order valence-corrected chi connectivity index (χ4v) is 4.79. The van der Waals surface area contributed by atoms with Crippen LogP contribution in [0.15, 0.2) is 54.6 Å². The standard InChI is InChI=1S/C34H46O4/c1-4-6-8-10-12-17-24-36-31-26-30(34(35)38-28-21-15-14-16-22-28)33(29-23-19-20-27(3)32(29)31)37-25-18-13-11-9-7-5-2/h14-16,19-23,26H,4-13,17-18,24-25H2,1-3H3. The minimum Gasteiger partial charge on any atom is -0.493 e. The molecule has 0 saturated heterocycles. The van der Waals surface area contributed by atoms with Gasteiger partial charge in [-0.3, -0.25) is 0 Å². The molecule has 0 bridgehead atoms. The van der Waals surface area contributed by atoms with Crippen molar-refractivity contribution in [2.24, 2.45) is 0 Å². The summed E-state index contributed by atoms with van der Waals surface area (Å²) in [6.45, 7) is 7.74. The third-order valence-electron chi connectivity index (χ3n) is 6.96. The molecule has 4 heteroatoms. The summed E-state index contributed by atoms with van der Waals surface area (Å²) in [5, 5.41) is 1.91. The SMILES string of the molecule is CCCCCCCCOc1c(C(=O)Oc2ccccc2)cc(OCCCCCCCC)c2c(C)cccc12. The molecule has 0 fully saturated rings. The highest BCUT2D eigenvalue weighted by atomic mass is 16.5. The average Bonchev–Trinajstić information content (AvgIpc) is 2.93. The summed E-state index contributed by atoms with van der Waals surface area (Å²) >= 11 is 0. The molecule has 0 atom stereocenters. The summed E-state index contributed by atoms with van der Waals surface area (Å²) in [6.07, 6.45) is 14.3. The number of unbranched alkanes of at least 4 members (excludes halogenated alkanes) is 10. The molecule has 0 aliphatic heterocycles. The van der Waals surface area contributed by atoms with Gasteiger partial charge in [0.15, 0.2) is 0 Å². The van der Waals surface area contributed by atoms with Crippen molar-refractivity contribution < 1.29 is 19.0 Å². The summed E-state index contributed by atoms with van der Waals surface area (Å²) in [6, 6.07) is 17.1. The predicted molar refractivity (Wildman–Crippen MR) is 158 cm³/mol. The minimum atomic E-state index is -0.429. The maximum absolute atomic E-state index is 13.4. The first-order chi connectivity index (χ1) is 18.7. The van der Waals surface area contributed by atoms with Crippen molar-refractivity contribution in [1.82, 2.24) is 0 Å². The van der Waals surface area contributed by atoms with Crippen molar-refractivity contribution in [3.63, 3.8) is 0 Å². The molecule has 0 radical (unpaired) electrons. The summed E-state index contributed by atoms with van der Waals surface area (Å²) in [7, 11) is 0. The second-order valence-corrected chi connectivity index (χ2v) is 10.2. The Kier molecular flexibility index (Phi) is 13.0. The van der Waals surface area contributed by atoms with Gasteiger partial charge in [0.25, 0.3) is 0 Å². The molecule has 4 nitrogen and oxygen atoms in total. The lowest BCUT2D eigenvalue weighted by Gasteiger charge is -2.19. The van der Waals surface area contributed by atoms with Crippen molar-refractivity contribution in [2.75, 3.05) is 13.2 Å². The number of ether oxygens (including phenoxy) is 3. The Morgan fingerprint density at radius 3 is 1.95 bits per heavy atom. The number of carbonyl (C=O) groups is 1. The first-order valence-electron chi connectivity index (χ1n) is 14.7. The molecule has 0 aromatic heterocycles. The van der Waals surface area contributed by atoms with E-state index >= 15 is 0 Å². The van der Waals surface area contributed by atoms with E-state index in [1.54, 1.807) is 12.1 Å². The molecule has 0 aliphatic carbocycles. The summed E-state index contributed by atoms with van der Waals surface area (Å²) < 4.78 is 18.4. The van der Waals surface area contributed by atoms with Crippen molar-refractivity contribution in [3.05, 3.63) is 65.7 Å². The molecule has 0 unspecified atom stereocenters. The van der Waals surface area contributed by atoms with Crippen LogP contribution in [0.3, 0.4) is 0 Å². The fraction of sp³-hybridized carbons (Fsp3) is 0.500. The van der Waals surface area contributed by atoms with Gasteiger partial charge in [0.1, 0.15) is 22.8 Å². The number of hydrogen-bond acceptors (Lipinski definition) is 4. The first-order valence-corrected chi connectivity index (χ1v) is 14.7. The van der Waals surface area contributed by atoms with Crippen LogP contribution in [0.1, 0.15) is 107 Å². The van der Waals surface area contributed by atoms with Gasteiger partial charge in [0.2, 0.25) is 0 Å². The quantitative estimate of drug-likeness (QED) is 0.0955. The van der Waals surface area contributed by atoms with E-state index in [4.69, 9.17) is 14.2 Å². The predicted octanol–water partition coefficient (Wildman–Crippen LogP) is 9.85. The van der Waals surface area contributed by atoms with Crippen LogP contribution >= 0.6 is 0 Å². The number of aryl methyl sites for hydroxylation is 1. The molecule has 0 spiro atoms. The van der Waals surface area contributed by atoms with Crippen LogP contribution in [0, 0.1) is 6.92 Å². The molecule has 38 heavy (non-hydrogen) atoms. The lowest BCUT2D eigenvalue weighted by atomic mass is 10.00.